The fraction of sp³-hybridized carbons (Fsp3) is 0.450. The molecule has 9 heteroatoms. The number of carboxylic acid groups (broad SMARTS) is 1. The monoisotopic (exact) mass is 405 g/mol. The maximum Gasteiger partial charge on any atom is 0.407 e. The summed E-state index contributed by atoms with van der Waals surface area (Å²) in [5, 5.41) is 12.0. The average molecular weight is 405 g/mol. The number of piperazine rings is 1. The van der Waals surface area contributed by atoms with Crippen LogP contribution in [0.3, 0.4) is 0 Å². The Kier molecular flexibility index (Phi) is 6.58. The van der Waals surface area contributed by atoms with Crippen molar-refractivity contribution in [2.75, 3.05) is 31.5 Å². The van der Waals surface area contributed by atoms with Gasteiger partial charge in [0.05, 0.1) is 6.04 Å². The maximum atomic E-state index is 13.2. The van der Waals surface area contributed by atoms with Crippen LogP contribution in [0.25, 0.3) is 0 Å². The third kappa shape index (κ3) is 5.17. The van der Waals surface area contributed by atoms with E-state index in [0.717, 1.165) is 17.5 Å². The number of halogens is 2. The molecule has 3 rings (SSSR count). The van der Waals surface area contributed by atoms with E-state index in [2.05, 4.69) is 27.1 Å². The molecule has 2 aromatic rings. The minimum Gasteiger partial charge on any atom is -0.465 e. The number of carbonyl (C=O) groups is 1. The molecule has 1 amide bonds. The Bertz CT molecular complexity index is 821. The van der Waals surface area contributed by atoms with Crippen LogP contribution < -0.4 is 5.32 Å². The molecule has 2 heterocycles. The molecule has 0 saturated carbocycles. The molecule has 1 aliphatic rings. The highest BCUT2D eigenvalue weighted by atomic mass is 19.1. The van der Waals surface area contributed by atoms with Gasteiger partial charge < -0.3 is 15.3 Å². The number of hydrogen-bond donors (Lipinski definition) is 2. The van der Waals surface area contributed by atoms with E-state index in [4.69, 9.17) is 5.11 Å². The summed E-state index contributed by atoms with van der Waals surface area (Å²) in [6, 6.07) is 8.63. The van der Waals surface area contributed by atoms with Gasteiger partial charge in [-0.3, -0.25) is 4.90 Å². The van der Waals surface area contributed by atoms with Gasteiger partial charge in [-0.1, -0.05) is 31.2 Å². The number of benzene rings is 1. The number of nitrogens with zero attached hydrogens (tertiary/aromatic N) is 4. The maximum absolute atomic E-state index is 13.2. The van der Waals surface area contributed by atoms with Gasteiger partial charge in [0.25, 0.3) is 0 Å². The molecular formula is C20H25F2N5O2. The summed E-state index contributed by atoms with van der Waals surface area (Å²) in [7, 11) is 0. The van der Waals surface area contributed by atoms with Crippen LogP contribution in [0.15, 0.2) is 30.3 Å². The molecule has 7 nitrogen and oxygen atoms in total. The largest absolute Gasteiger partial charge is 0.465 e. The molecule has 1 aliphatic heterocycles. The number of amides is 1. The lowest BCUT2D eigenvalue weighted by Gasteiger charge is -2.38. The second-order valence-electron chi connectivity index (χ2n) is 7.10. The van der Waals surface area contributed by atoms with Crippen LogP contribution in [0.2, 0.25) is 0 Å². The number of rotatable bonds is 6. The minimum absolute atomic E-state index is 0.0955. The SMILES string of the molecule is CCC(c1ccc([C@H](C)Nc2nc(F)cc(F)n2)cc1)N1CCN(C(=O)O)CC1. The van der Waals surface area contributed by atoms with Crippen LogP contribution in [0.4, 0.5) is 19.5 Å². The lowest BCUT2D eigenvalue weighted by atomic mass is 9.98. The Morgan fingerprint density at radius 3 is 2.17 bits per heavy atom. The van der Waals surface area contributed by atoms with Crippen molar-refractivity contribution >= 4 is 12.0 Å². The Hall–Kier alpha value is -2.81. The lowest BCUT2D eigenvalue weighted by molar-refractivity contribution is 0.0835. The van der Waals surface area contributed by atoms with Gasteiger partial charge in [-0.15, -0.1) is 0 Å². The Labute approximate surface area is 168 Å². The van der Waals surface area contributed by atoms with E-state index >= 15 is 0 Å². The van der Waals surface area contributed by atoms with Crippen LogP contribution in [-0.4, -0.2) is 57.1 Å². The topological polar surface area (TPSA) is 81.6 Å². The van der Waals surface area contributed by atoms with E-state index in [0.29, 0.717) is 32.2 Å². The fourth-order valence-corrected chi connectivity index (χ4v) is 3.67. The highest BCUT2D eigenvalue weighted by Crippen LogP contribution is 2.27. The van der Waals surface area contributed by atoms with Gasteiger partial charge in [-0.25, -0.2) is 4.79 Å². The van der Waals surface area contributed by atoms with E-state index in [-0.39, 0.29) is 18.0 Å². The third-order valence-electron chi connectivity index (χ3n) is 5.24. The molecule has 156 valence electrons. The first-order valence-electron chi connectivity index (χ1n) is 9.65. The predicted octanol–water partition coefficient (Wildman–Crippen LogP) is 3.67. The first-order chi connectivity index (χ1) is 13.9. The molecule has 1 aromatic heterocycles. The van der Waals surface area contributed by atoms with Crippen molar-refractivity contribution in [1.82, 2.24) is 19.8 Å². The summed E-state index contributed by atoms with van der Waals surface area (Å²) in [5.74, 6) is -1.94. The first-order valence-corrected chi connectivity index (χ1v) is 9.65. The molecular weight excluding hydrogens is 380 g/mol. The molecule has 2 N–H and O–H groups in total. The number of aromatic nitrogens is 2. The normalized spacial score (nSPS) is 17.0. The second kappa shape index (κ2) is 9.13. The number of hydrogen-bond acceptors (Lipinski definition) is 5. The molecule has 0 aliphatic carbocycles. The van der Waals surface area contributed by atoms with Crippen molar-refractivity contribution in [2.45, 2.75) is 32.4 Å². The molecule has 0 radical (unpaired) electrons. The number of nitrogens with one attached hydrogen (secondary N) is 1. The van der Waals surface area contributed by atoms with Crippen molar-refractivity contribution in [3.8, 4) is 0 Å². The van der Waals surface area contributed by atoms with Gasteiger partial charge in [0, 0.05) is 38.3 Å². The Morgan fingerprint density at radius 1 is 1.10 bits per heavy atom. The van der Waals surface area contributed by atoms with Gasteiger partial charge in [0.1, 0.15) is 0 Å². The molecule has 1 unspecified atom stereocenters. The smallest absolute Gasteiger partial charge is 0.407 e. The van der Waals surface area contributed by atoms with E-state index in [1.54, 1.807) is 0 Å². The minimum atomic E-state index is -0.920. The van der Waals surface area contributed by atoms with Crippen LogP contribution >= 0.6 is 0 Å². The predicted molar refractivity (Wildman–Crippen MR) is 105 cm³/mol. The summed E-state index contributed by atoms with van der Waals surface area (Å²) < 4.78 is 26.5. The van der Waals surface area contributed by atoms with Crippen molar-refractivity contribution in [3.05, 3.63) is 53.4 Å². The molecule has 0 spiro atoms. The van der Waals surface area contributed by atoms with Gasteiger partial charge >= 0.3 is 6.09 Å². The van der Waals surface area contributed by atoms with Crippen molar-refractivity contribution in [3.63, 3.8) is 0 Å². The van der Waals surface area contributed by atoms with Crippen LogP contribution in [0.5, 0.6) is 0 Å². The van der Waals surface area contributed by atoms with Crippen LogP contribution in [0.1, 0.15) is 43.5 Å². The highest BCUT2D eigenvalue weighted by Gasteiger charge is 2.26. The van der Waals surface area contributed by atoms with E-state index in [1.807, 2.05) is 31.2 Å². The third-order valence-corrected chi connectivity index (χ3v) is 5.24. The molecule has 0 bridgehead atoms. The number of anilines is 1. The van der Waals surface area contributed by atoms with Crippen molar-refractivity contribution in [1.29, 1.82) is 0 Å². The summed E-state index contributed by atoms with van der Waals surface area (Å²) in [6.45, 7) is 6.40. The zero-order chi connectivity index (χ0) is 21.0. The van der Waals surface area contributed by atoms with Crippen molar-refractivity contribution < 1.29 is 18.7 Å². The Morgan fingerprint density at radius 2 is 1.66 bits per heavy atom. The molecule has 1 fully saturated rings. The second-order valence-corrected chi connectivity index (χ2v) is 7.10. The van der Waals surface area contributed by atoms with Crippen molar-refractivity contribution in [2.24, 2.45) is 0 Å². The summed E-state index contributed by atoms with van der Waals surface area (Å²) in [5.41, 5.74) is 2.09. The zero-order valence-corrected chi connectivity index (χ0v) is 16.5. The lowest BCUT2D eigenvalue weighted by Crippen LogP contribution is -2.49. The fourth-order valence-electron chi connectivity index (χ4n) is 3.67. The van der Waals surface area contributed by atoms with E-state index < -0.39 is 18.0 Å². The zero-order valence-electron chi connectivity index (χ0n) is 16.5. The van der Waals surface area contributed by atoms with Crippen LogP contribution in [-0.2, 0) is 0 Å². The van der Waals surface area contributed by atoms with Gasteiger partial charge in [-0.2, -0.15) is 18.7 Å². The average Bonchev–Trinajstić information content (AvgIpc) is 2.68. The summed E-state index contributed by atoms with van der Waals surface area (Å²) in [6.07, 6.45) is 0.0436. The van der Waals surface area contributed by atoms with Gasteiger partial charge in [-0.05, 0) is 24.5 Å². The molecule has 2 atom stereocenters. The molecule has 1 aromatic carbocycles. The molecule has 1 saturated heterocycles. The molecule has 29 heavy (non-hydrogen) atoms. The van der Waals surface area contributed by atoms with Crippen LogP contribution in [0, 0.1) is 11.9 Å². The van der Waals surface area contributed by atoms with Gasteiger partial charge in [0.2, 0.25) is 17.8 Å². The van der Waals surface area contributed by atoms with E-state index in [1.165, 1.54) is 4.90 Å². The summed E-state index contributed by atoms with van der Waals surface area (Å²) >= 11 is 0. The Balaban J connectivity index is 1.65. The van der Waals surface area contributed by atoms with Gasteiger partial charge in [0.15, 0.2) is 0 Å². The van der Waals surface area contributed by atoms with E-state index in [9.17, 15) is 13.6 Å². The quantitative estimate of drug-likeness (QED) is 0.714. The summed E-state index contributed by atoms with van der Waals surface area (Å²) in [4.78, 5) is 22.0. The highest BCUT2D eigenvalue weighted by molar-refractivity contribution is 5.65. The first kappa shape index (κ1) is 20.9. The standard InChI is InChI=1S/C20H25F2N5O2/c1-3-16(26-8-10-27(11-9-26)20(28)29)15-6-4-14(5-7-15)13(2)23-19-24-17(21)12-18(22)25-19/h4-7,12-13,16H,3,8-11H2,1-2H3,(H,28,29)(H,23,24,25)/t13-,16?/m0/s1.